The van der Waals surface area contributed by atoms with E-state index in [2.05, 4.69) is 16.6 Å². The van der Waals surface area contributed by atoms with E-state index >= 15 is 0 Å². The van der Waals surface area contributed by atoms with Gasteiger partial charge in [-0.3, -0.25) is 0 Å². The monoisotopic (exact) mass is 227 g/mol. The zero-order valence-corrected chi connectivity index (χ0v) is 9.15. The molecule has 1 aliphatic heterocycles. The molecule has 0 spiro atoms. The molecule has 0 radical (unpaired) electrons. The van der Waals surface area contributed by atoms with E-state index in [1.54, 1.807) is 0 Å². The highest BCUT2D eigenvalue weighted by atomic mass is 16.5. The summed E-state index contributed by atoms with van der Waals surface area (Å²) in [6.07, 6.45) is 5.73. The van der Waals surface area contributed by atoms with Gasteiger partial charge in [0, 0.05) is 12.2 Å². The van der Waals surface area contributed by atoms with Gasteiger partial charge in [0.15, 0.2) is 0 Å². The topological polar surface area (TPSA) is 75.6 Å². The zero-order valence-electron chi connectivity index (χ0n) is 9.15. The van der Waals surface area contributed by atoms with Gasteiger partial charge in [-0.15, -0.1) is 0 Å². The summed E-state index contributed by atoms with van der Waals surface area (Å²) < 4.78 is 4.43. The smallest absolute Gasteiger partial charge is 0.331 e. The van der Waals surface area contributed by atoms with Crippen LogP contribution in [0.4, 0.5) is 0 Å². The van der Waals surface area contributed by atoms with Gasteiger partial charge < -0.3 is 15.2 Å². The number of carbonyl (C=O) groups is 2. The lowest BCUT2D eigenvalue weighted by Crippen LogP contribution is -2.03. The Morgan fingerprint density at radius 3 is 2.31 bits per heavy atom. The standard InChI is InChI=1S/C7H8O4.C4H9N/c1-2-5-11-7(10)4-3-6(8)9;1-2-4-5-3-1/h2-4H,1,5H2,(H,8,9);5H,1-4H2/b4-3-;. The molecule has 1 saturated heterocycles. The van der Waals surface area contributed by atoms with Gasteiger partial charge in [-0.2, -0.15) is 0 Å². The normalized spacial score (nSPS) is 14.0. The number of carboxylic acid groups (broad SMARTS) is 1. The van der Waals surface area contributed by atoms with E-state index in [4.69, 9.17) is 5.11 Å². The van der Waals surface area contributed by atoms with Crippen molar-refractivity contribution in [3.8, 4) is 0 Å². The number of nitrogens with one attached hydrogen (secondary N) is 1. The second-order valence-corrected chi connectivity index (χ2v) is 3.05. The maximum Gasteiger partial charge on any atom is 0.331 e. The molecule has 0 aromatic rings. The Hall–Kier alpha value is -1.62. The summed E-state index contributed by atoms with van der Waals surface area (Å²) in [6, 6.07) is 0. The summed E-state index contributed by atoms with van der Waals surface area (Å²) in [5, 5.41) is 11.3. The molecule has 1 aliphatic rings. The first-order valence-corrected chi connectivity index (χ1v) is 5.06. The van der Waals surface area contributed by atoms with E-state index in [1.807, 2.05) is 0 Å². The Morgan fingerprint density at radius 2 is 1.94 bits per heavy atom. The highest BCUT2D eigenvalue weighted by Gasteiger charge is 1.94. The van der Waals surface area contributed by atoms with E-state index in [0.717, 1.165) is 6.08 Å². The number of aliphatic carboxylic acids is 1. The number of carboxylic acids is 1. The van der Waals surface area contributed by atoms with Gasteiger partial charge in [-0.1, -0.05) is 12.7 Å². The van der Waals surface area contributed by atoms with Crippen LogP contribution in [0.15, 0.2) is 24.8 Å². The molecule has 0 unspecified atom stereocenters. The highest BCUT2D eigenvalue weighted by Crippen LogP contribution is 1.90. The minimum absolute atomic E-state index is 0.0861. The summed E-state index contributed by atoms with van der Waals surface area (Å²) in [4.78, 5) is 20.3. The number of esters is 1. The molecule has 0 aliphatic carbocycles. The van der Waals surface area contributed by atoms with Crippen molar-refractivity contribution < 1.29 is 19.4 Å². The first-order valence-electron chi connectivity index (χ1n) is 5.06. The minimum Gasteiger partial charge on any atom is -0.478 e. The van der Waals surface area contributed by atoms with Crippen LogP contribution < -0.4 is 5.32 Å². The SMILES string of the molecule is C1CCNC1.C=CCOC(=O)/C=C\C(=O)O. The molecule has 0 amide bonds. The van der Waals surface area contributed by atoms with Gasteiger partial charge in [0.25, 0.3) is 0 Å². The summed E-state index contributed by atoms with van der Waals surface area (Å²) >= 11 is 0. The molecule has 5 heteroatoms. The van der Waals surface area contributed by atoms with Crippen molar-refractivity contribution >= 4 is 11.9 Å². The molecule has 0 aromatic heterocycles. The van der Waals surface area contributed by atoms with E-state index in [0.29, 0.717) is 6.08 Å². The molecule has 1 heterocycles. The molecule has 5 nitrogen and oxygen atoms in total. The maximum absolute atomic E-state index is 10.5. The van der Waals surface area contributed by atoms with Crippen LogP contribution in [0.1, 0.15) is 12.8 Å². The van der Waals surface area contributed by atoms with Gasteiger partial charge in [-0.25, -0.2) is 9.59 Å². The largest absolute Gasteiger partial charge is 0.478 e. The third kappa shape index (κ3) is 10.5. The summed E-state index contributed by atoms with van der Waals surface area (Å²) in [5.74, 6) is -1.87. The van der Waals surface area contributed by atoms with Crippen molar-refractivity contribution in [2.45, 2.75) is 12.8 Å². The maximum atomic E-state index is 10.5. The van der Waals surface area contributed by atoms with Crippen LogP contribution in [0, 0.1) is 0 Å². The second kappa shape index (κ2) is 9.92. The molecule has 1 rings (SSSR count). The fraction of sp³-hybridized carbons (Fsp3) is 0.455. The van der Waals surface area contributed by atoms with Crippen LogP contribution in [0.25, 0.3) is 0 Å². The molecule has 0 atom stereocenters. The van der Waals surface area contributed by atoms with Crippen molar-refractivity contribution in [3.05, 3.63) is 24.8 Å². The number of carbonyl (C=O) groups excluding carboxylic acids is 1. The molecular weight excluding hydrogens is 210 g/mol. The Labute approximate surface area is 94.8 Å². The van der Waals surface area contributed by atoms with Crippen LogP contribution in [-0.2, 0) is 14.3 Å². The lowest BCUT2D eigenvalue weighted by Gasteiger charge is -1.93. The van der Waals surface area contributed by atoms with Gasteiger partial charge >= 0.3 is 11.9 Å². The van der Waals surface area contributed by atoms with E-state index in [-0.39, 0.29) is 6.61 Å². The molecule has 2 N–H and O–H groups in total. The molecule has 0 saturated carbocycles. The number of hydrogen-bond donors (Lipinski definition) is 2. The first kappa shape index (κ1) is 14.4. The number of hydrogen-bond acceptors (Lipinski definition) is 4. The molecule has 90 valence electrons. The Balaban J connectivity index is 0.000000368. The molecular formula is C11H17NO4. The van der Waals surface area contributed by atoms with Crippen LogP contribution in [0.3, 0.4) is 0 Å². The zero-order chi connectivity index (χ0) is 12.2. The third-order valence-electron chi connectivity index (χ3n) is 1.66. The predicted octanol–water partition coefficient (Wildman–Crippen LogP) is 0.726. The second-order valence-electron chi connectivity index (χ2n) is 3.05. The number of ether oxygens (including phenoxy) is 1. The predicted molar refractivity (Wildman–Crippen MR) is 60.0 cm³/mol. The molecule has 0 aromatic carbocycles. The van der Waals surface area contributed by atoms with Crippen LogP contribution in [-0.4, -0.2) is 36.7 Å². The van der Waals surface area contributed by atoms with Crippen LogP contribution in [0.2, 0.25) is 0 Å². The van der Waals surface area contributed by atoms with Gasteiger partial charge in [0.1, 0.15) is 6.61 Å². The average Bonchev–Trinajstić information content (AvgIpc) is 2.81. The van der Waals surface area contributed by atoms with E-state index < -0.39 is 11.9 Å². The lowest BCUT2D eigenvalue weighted by molar-refractivity contribution is -0.137. The summed E-state index contributed by atoms with van der Waals surface area (Å²) in [7, 11) is 0. The Kier molecular flexibility index (Phi) is 8.91. The average molecular weight is 227 g/mol. The van der Waals surface area contributed by atoms with E-state index in [9.17, 15) is 9.59 Å². The molecule has 1 fully saturated rings. The van der Waals surface area contributed by atoms with Crippen molar-refractivity contribution in [1.82, 2.24) is 5.32 Å². The Morgan fingerprint density at radius 1 is 1.31 bits per heavy atom. The van der Waals surface area contributed by atoms with Crippen LogP contribution in [0.5, 0.6) is 0 Å². The van der Waals surface area contributed by atoms with Crippen molar-refractivity contribution in [2.24, 2.45) is 0 Å². The van der Waals surface area contributed by atoms with E-state index in [1.165, 1.54) is 32.0 Å². The third-order valence-corrected chi connectivity index (χ3v) is 1.66. The fourth-order valence-electron chi connectivity index (χ4n) is 0.954. The molecule has 16 heavy (non-hydrogen) atoms. The lowest BCUT2D eigenvalue weighted by atomic mass is 10.4. The highest BCUT2D eigenvalue weighted by molar-refractivity contribution is 5.90. The van der Waals surface area contributed by atoms with Crippen molar-refractivity contribution in [3.63, 3.8) is 0 Å². The van der Waals surface area contributed by atoms with Gasteiger partial charge in [-0.05, 0) is 25.9 Å². The summed E-state index contributed by atoms with van der Waals surface area (Å²) in [6.45, 7) is 5.90. The quantitative estimate of drug-likeness (QED) is 0.420. The first-order chi connectivity index (χ1) is 7.66. The summed E-state index contributed by atoms with van der Waals surface area (Å²) in [5.41, 5.74) is 0. The number of rotatable bonds is 4. The molecule has 0 bridgehead atoms. The van der Waals surface area contributed by atoms with Gasteiger partial charge in [0.2, 0.25) is 0 Å². The van der Waals surface area contributed by atoms with Crippen molar-refractivity contribution in [1.29, 1.82) is 0 Å². The van der Waals surface area contributed by atoms with Gasteiger partial charge in [0.05, 0.1) is 0 Å². The minimum atomic E-state index is -1.18. The Bertz CT molecular complexity index is 249. The van der Waals surface area contributed by atoms with Crippen molar-refractivity contribution in [2.75, 3.05) is 19.7 Å². The fourth-order valence-corrected chi connectivity index (χ4v) is 0.954. The van der Waals surface area contributed by atoms with Crippen LogP contribution >= 0.6 is 0 Å².